The molecule has 3 aliphatic heterocycles. The van der Waals surface area contributed by atoms with Gasteiger partial charge >= 0.3 is 0 Å². The Kier molecular flexibility index (Phi) is 3.96. The van der Waals surface area contributed by atoms with Crippen LogP contribution in [0.5, 0.6) is 0 Å². The molecule has 0 bridgehead atoms. The first-order valence-electron chi connectivity index (χ1n) is 9.05. The number of amides is 2. The number of rotatable bonds is 3. The topological polar surface area (TPSA) is 57.7 Å². The summed E-state index contributed by atoms with van der Waals surface area (Å²) in [6, 6.07) is 9.76. The second kappa shape index (κ2) is 6.26. The Balaban J connectivity index is 1.56. The summed E-state index contributed by atoms with van der Waals surface area (Å²) >= 11 is 7.33. The highest BCUT2D eigenvalue weighted by Crippen LogP contribution is 2.48. The quantitative estimate of drug-likeness (QED) is 0.586. The van der Waals surface area contributed by atoms with Gasteiger partial charge in [-0.15, -0.1) is 11.3 Å². The van der Waals surface area contributed by atoms with E-state index < -0.39 is 17.9 Å². The molecule has 27 heavy (non-hydrogen) atoms. The van der Waals surface area contributed by atoms with Gasteiger partial charge in [0.05, 0.1) is 28.4 Å². The summed E-state index contributed by atoms with van der Waals surface area (Å²) in [5.74, 6) is -1.54. The highest BCUT2D eigenvalue weighted by Gasteiger charge is 2.64. The van der Waals surface area contributed by atoms with E-state index in [0.29, 0.717) is 15.6 Å². The molecule has 0 N–H and O–H groups in total. The first-order valence-corrected chi connectivity index (χ1v) is 10.3. The molecule has 0 spiro atoms. The normalized spacial score (nSPS) is 30.0. The second-order valence-electron chi connectivity index (χ2n) is 7.27. The standard InChI is InChI=1S/C20H17ClN2O3S/c21-11-5-7-12(8-6-11)23-19(25)15-13-3-1-9-22(13)17(16(15)20(23)26)18(24)14-4-2-10-27-14/h2,4-8,10,13,15-17H,1,3,9H2. The molecule has 7 heteroatoms. The van der Waals surface area contributed by atoms with E-state index in [2.05, 4.69) is 4.90 Å². The monoisotopic (exact) mass is 400 g/mol. The van der Waals surface area contributed by atoms with Crippen LogP contribution < -0.4 is 4.90 Å². The summed E-state index contributed by atoms with van der Waals surface area (Å²) in [7, 11) is 0. The van der Waals surface area contributed by atoms with E-state index in [0.717, 1.165) is 19.4 Å². The van der Waals surface area contributed by atoms with Crippen LogP contribution in [0.3, 0.4) is 0 Å². The van der Waals surface area contributed by atoms with Crippen LogP contribution in [0.15, 0.2) is 41.8 Å². The number of imide groups is 1. The minimum Gasteiger partial charge on any atom is -0.291 e. The highest BCUT2D eigenvalue weighted by atomic mass is 35.5. The first kappa shape index (κ1) is 17.1. The highest BCUT2D eigenvalue weighted by molar-refractivity contribution is 7.12. The van der Waals surface area contributed by atoms with Gasteiger partial charge in [-0.25, -0.2) is 4.90 Å². The van der Waals surface area contributed by atoms with Gasteiger partial charge in [-0.1, -0.05) is 17.7 Å². The maximum atomic E-state index is 13.3. The summed E-state index contributed by atoms with van der Waals surface area (Å²) in [6.07, 6.45) is 1.80. The number of halogens is 1. The maximum absolute atomic E-state index is 13.3. The molecule has 138 valence electrons. The zero-order valence-electron chi connectivity index (χ0n) is 14.4. The first-order chi connectivity index (χ1) is 13.1. The van der Waals surface area contributed by atoms with Gasteiger partial charge in [0.2, 0.25) is 11.8 Å². The third kappa shape index (κ3) is 2.43. The predicted molar refractivity (Wildman–Crippen MR) is 103 cm³/mol. The Labute approximate surface area is 165 Å². The van der Waals surface area contributed by atoms with Gasteiger partial charge in [0.25, 0.3) is 0 Å². The fraction of sp³-hybridized carbons (Fsp3) is 0.350. The van der Waals surface area contributed by atoms with Crippen molar-refractivity contribution in [2.45, 2.75) is 24.9 Å². The summed E-state index contributed by atoms with van der Waals surface area (Å²) in [4.78, 5) is 43.7. The van der Waals surface area contributed by atoms with Crippen LogP contribution >= 0.6 is 22.9 Å². The number of carbonyl (C=O) groups is 3. The van der Waals surface area contributed by atoms with Crippen molar-refractivity contribution >= 4 is 46.2 Å². The molecule has 1 aromatic heterocycles. The van der Waals surface area contributed by atoms with Crippen molar-refractivity contribution in [1.82, 2.24) is 4.90 Å². The summed E-state index contributed by atoms with van der Waals surface area (Å²) in [5, 5.41) is 2.41. The Bertz CT molecular complexity index is 927. The van der Waals surface area contributed by atoms with E-state index in [4.69, 9.17) is 11.6 Å². The molecule has 4 heterocycles. The third-order valence-electron chi connectivity index (χ3n) is 5.97. The van der Waals surface area contributed by atoms with E-state index in [-0.39, 0.29) is 23.6 Å². The molecule has 0 radical (unpaired) electrons. The number of ketones is 1. The number of carbonyl (C=O) groups excluding carboxylic acids is 3. The van der Waals surface area contributed by atoms with Crippen LogP contribution in [-0.2, 0) is 9.59 Å². The van der Waals surface area contributed by atoms with E-state index >= 15 is 0 Å². The largest absolute Gasteiger partial charge is 0.291 e. The lowest BCUT2D eigenvalue weighted by Crippen LogP contribution is -2.45. The van der Waals surface area contributed by atoms with Gasteiger partial charge in [0.15, 0.2) is 5.78 Å². The molecule has 2 amide bonds. The van der Waals surface area contributed by atoms with Crippen molar-refractivity contribution in [2.75, 3.05) is 11.4 Å². The summed E-state index contributed by atoms with van der Waals surface area (Å²) < 4.78 is 0. The van der Waals surface area contributed by atoms with Crippen LogP contribution in [-0.4, -0.2) is 41.1 Å². The van der Waals surface area contributed by atoms with Gasteiger partial charge in [-0.05, 0) is 55.1 Å². The third-order valence-corrected chi connectivity index (χ3v) is 7.11. The SMILES string of the molecule is O=C(c1cccs1)C1C2C(=O)N(c3ccc(Cl)cc3)C(=O)C2C2CCCN21. The average Bonchev–Trinajstić information content (AvgIpc) is 3.41. The van der Waals surface area contributed by atoms with Gasteiger partial charge < -0.3 is 0 Å². The van der Waals surface area contributed by atoms with Gasteiger partial charge in [-0.2, -0.15) is 0 Å². The van der Waals surface area contributed by atoms with Crippen LogP contribution in [0.4, 0.5) is 5.69 Å². The lowest BCUT2D eigenvalue weighted by atomic mass is 9.86. The number of nitrogens with zero attached hydrogens (tertiary/aromatic N) is 2. The van der Waals surface area contributed by atoms with Crippen LogP contribution in [0.25, 0.3) is 0 Å². The van der Waals surface area contributed by atoms with E-state index in [9.17, 15) is 14.4 Å². The molecule has 3 fully saturated rings. The Hall–Kier alpha value is -2.02. The smallest absolute Gasteiger partial charge is 0.239 e. The fourth-order valence-electron chi connectivity index (χ4n) is 4.92. The summed E-state index contributed by atoms with van der Waals surface area (Å²) in [6.45, 7) is 0.765. The van der Waals surface area contributed by atoms with Gasteiger partial charge in [-0.3, -0.25) is 19.3 Å². The minimum absolute atomic E-state index is 0.0299. The molecule has 0 aliphatic carbocycles. The van der Waals surface area contributed by atoms with Crippen molar-refractivity contribution in [3.8, 4) is 0 Å². The van der Waals surface area contributed by atoms with Gasteiger partial charge in [0.1, 0.15) is 0 Å². The fourth-order valence-corrected chi connectivity index (χ4v) is 5.75. The molecule has 1 aromatic carbocycles. The number of benzene rings is 1. The molecule has 4 unspecified atom stereocenters. The van der Waals surface area contributed by atoms with E-state index in [1.165, 1.54) is 16.2 Å². The predicted octanol–water partition coefficient (Wildman–Crippen LogP) is 3.24. The zero-order valence-corrected chi connectivity index (χ0v) is 15.9. The molecular weight excluding hydrogens is 384 g/mol. The van der Waals surface area contributed by atoms with Crippen molar-refractivity contribution in [3.05, 3.63) is 51.7 Å². The van der Waals surface area contributed by atoms with Crippen LogP contribution in [0.2, 0.25) is 5.02 Å². The Morgan fingerprint density at radius 2 is 1.81 bits per heavy atom. The molecular formula is C20H17ClN2O3S. The molecule has 2 aromatic rings. The van der Waals surface area contributed by atoms with E-state index in [1.54, 1.807) is 30.3 Å². The molecule has 4 atom stereocenters. The number of fused-ring (bicyclic) bond motifs is 3. The number of anilines is 1. The lowest BCUT2D eigenvalue weighted by molar-refractivity contribution is -0.123. The number of hydrogen-bond acceptors (Lipinski definition) is 5. The average molecular weight is 401 g/mol. The van der Waals surface area contributed by atoms with Crippen molar-refractivity contribution in [2.24, 2.45) is 11.8 Å². The Morgan fingerprint density at radius 1 is 1.07 bits per heavy atom. The molecule has 3 aliphatic rings. The van der Waals surface area contributed by atoms with Crippen LogP contribution in [0, 0.1) is 11.8 Å². The molecule has 5 rings (SSSR count). The van der Waals surface area contributed by atoms with Crippen molar-refractivity contribution in [3.63, 3.8) is 0 Å². The summed E-state index contributed by atoms with van der Waals surface area (Å²) in [5.41, 5.74) is 0.524. The zero-order chi connectivity index (χ0) is 18.7. The number of hydrogen-bond donors (Lipinski definition) is 0. The number of thiophene rings is 1. The van der Waals surface area contributed by atoms with Crippen LogP contribution in [0.1, 0.15) is 22.5 Å². The van der Waals surface area contributed by atoms with E-state index in [1.807, 2.05) is 11.4 Å². The lowest BCUT2D eigenvalue weighted by Gasteiger charge is -2.27. The molecule has 5 nitrogen and oxygen atoms in total. The van der Waals surface area contributed by atoms with Crippen molar-refractivity contribution < 1.29 is 14.4 Å². The second-order valence-corrected chi connectivity index (χ2v) is 8.66. The minimum atomic E-state index is -0.604. The maximum Gasteiger partial charge on any atom is 0.239 e. The Morgan fingerprint density at radius 3 is 2.52 bits per heavy atom. The van der Waals surface area contributed by atoms with Crippen molar-refractivity contribution in [1.29, 1.82) is 0 Å². The molecule has 0 saturated carbocycles. The molecule has 3 saturated heterocycles. The van der Waals surface area contributed by atoms with Gasteiger partial charge in [0, 0.05) is 11.1 Å². The number of Topliss-reactive ketones (excluding diaryl/α,β-unsaturated/α-hetero) is 1.